The molecule has 6 nitrogen and oxygen atoms in total. The largest absolute Gasteiger partial charge is 0.464 e. The number of aryl methyl sites for hydroxylation is 1. The van der Waals surface area contributed by atoms with Gasteiger partial charge in [-0.3, -0.25) is 4.79 Å². The molecule has 2 aromatic rings. The molecule has 0 radical (unpaired) electrons. The first-order chi connectivity index (χ1) is 9.56. The van der Waals surface area contributed by atoms with Crippen LogP contribution in [0.5, 0.6) is 0 Å². The predicted octanol–water partition coefficient (Wildman–Crippen LogP) is 0.822. The molecular formula is C14H16N2O4. The second-order valence-electron chi connectivity index (χ2n) is 4.47. The van der Waals surface area contributed by atoms with Gasteiger partial charge in [0.25, 0.3) is 0 Å². The zero-order chi connectivity index (χ0) is 14.7. The van der Waals surface area contributed by atoms with E-state index >= 15 is 0 Å². The van der Waals surface area contributed by atoms with Crippen LogP contribution < -0.4 is 11.2 Å². The van der Waals surface area contributed by atoms with Crippen molar-refractivity contribution in [2.75, 3.05) is 19.5 Å². The number of nitrogen functional groups attached to an aromatic ring is 1. The molecule has 1 heterocycles. The fourth-order valence-electron chi connectivity index (χ4n) is 2.09. The molecule has 1 aromatic heterocycles. The lowest BCUT2D eigenvalue weighted by molar-refractivity contribution is 0.0594. The van der Waals surface area contributed by atoms with Gasteiger partial charge in [0.2, 0.25) is 0 Å². The van der Waals surface area contributed by atoms with E-state index in [1.165, 1.54) is 13.2 Å². The zero-order valence-electron chi connectivity index (χ0n) is 11.1. The first-order valence-electron chi connectivity index (χ1n) is 6.21. The van der Waals surface area contributed by atoms with E-state index in [1.807, 2.05) is 0 Å². The van der Waals surface area contributed by atoms with E-state index in [0.717, 1.165) is 5.56 Å². The minimum Gasteiger partial charge on any atom is -0.464 e. The Kier molecular flexibility index (Phi) is 4.05. The number of pyridine rings is 1. The highest BCUT2D eigenvalue weighted by atomic mass is 16.5. The van der Waals surface area contributed by atoms with Crippen molar-refractivity contribution >= 4 is 22.6 Å². The minimum atomic E-state index is -0.618. The summed E-state index contributed by atoms with van der Waals surface area (Å²) >= 11 is 0. The van der Waals surface area contributed by atoms with E-state index in [4.69, 9.17) is 10.8 Å². The third-order valence-corrected chi connectivity index (χ3v) is 3.06. The Morgan fingerprint density at radius 1 is 1.40 bits per heavy atom. The predicted molar refractivity (Wildman–Crippen MR) is 75.7 cm³/mol. The van der Waals surface area contributed by atoms with Crippen LogP contribution in [0.25, 0.3) is 10.9 Å². The second-order valence-corrected chi connectivity index (χ2v) is 4.47. The van der Waals surface area contributed by atoms with Crippen LogP contribution in [-0.4, -0.2) is 29.8 Å². The lowest BCUT2D eigenvalue weighted by Crippen LogP contribution is -2.12. The number of aliphatic hydroxyl groups is 1. The Bertz CT molecular complexity index is 706. The second kappa shape index (κ2) is 5.75. The number of hydrogen-bond donors (Lipinski definition) is 3. The Balaban J connectivity index is 2.59. The summed E-state index contributed by atoms with van der Waals surface area (Å²) < 4.78 is 4.58. The van der Waals surface area contributed by atoms with Gasteiger partial charge in [-0.2, -0.15) is 0 Å². The van der Waals surface area contributed by atoms with Crippen molar-refractivity contribution in [3.8, 4) is 0 Å². The molecule has 0 fully saturated rings. The molecule has 4 N–H and O–H groups in total. The number of H-pyrrole nitrogens is 1. The van der Waals surface area contributed by atoms with Gasteiger partial charge in [0.05, 0.1) is 18.3 Å². The van der Waals surface area contributed by atoms with Crippen LogP contribution >= 0.6 is 0 Å². The Morgan fingerprint density at radius 3 is 2.80 bits per heavy atom. The molecule has 1 aromatic carbocycles. The van der Waals surface area contributed by atoms with E-state index in [0.29, 0.717) is 29.4 Å². The number of hydrogen-bond acceptors (Lipinski definition) is 5. The van der Waals surface area contributed by atoms with Gasteiger partial charge in [0.15, 0.2) is 5.43 Å². The monoisotopic (exact) mass is 276 g/mol. The number of carbonyl (C=O) groups is 1. The molecule has 106 valence electrons. The van der Waals surface area contributed by atoms with Gasteiger partial charge < -0.3 is 20.6 Å². The number of nitrogens with one attached hydrogen (secondary N) is 1. The first kappa shape index (κ1) is 14.1. The van der Waals surface area contributed by atoms with Gasteiger partial charge in [0.1, 0.15) is 5.69 Å². The molecule has 0 saturated carbocycles. The number of aromatic nitrogens is 1. The molecule has 0 aliphatic rings. The average Bonchev–Trinajstić information content (AvgIpc) is 2.45. The van der Waals surface area contributed by atoms with E-state index in [1.54, 1.807) is 12.1 Å². The van der Waals surface area contributed by atoms with Gasteiger partial charge in [-0.25, -0.2) is 4.79 Å². The number of aromatic amines is 1. The summed E-state index contributed by atoms with van der Waals surface area (Å²) in [6.07, 6.45) is 1.23. The number of nitrogens with two attached hydrogens (primary N) is 1. The highest BCUT2D eigenvalue weighted by Gasteiger charge is 2.12. The summed E-state index contributed by atoms with van der Waals surface area (Å²) in [5, 5.41) is 9.26. The minimum absolute atomic E-state index is 0.0693. The summed E-state index contributed by atoms with van der Waals surface area (Å²) in [4.78, 5) is 26.4. The molecule has 0 unspecified atom stereocenters. The van der Waals surface area contributed by atoms with Crippen LogP contribution in [0.3, 0.4) is 0 Å². The average molecular weight is 276 g/mol. The molecule has 0 spiro atoms. The van der Waals surface area contributed by atoms with E-state index in [9.17, 15) is 9.59 Å². The van der Waals surface area contributed by atoms with E-state index in [2.05, 4.69) is 9.72 Å². The molecule has 0 bridgehead atoms. The maximum absolute atomic E-state index is 12.1. The molecule has 0 amide bonds. The molecule has 2 rings (SSSR count). The maximum Gasteiger partial charge on any atom is 0.354 e. The number of benzene rings is 1. The lowest BCUT2D eigenvalue weighted by atomic mass is 10.0. The topological polar surface area (TPSA) is 105 Å². The van der Waals surface area contributed by atoms with Gasteiger partial charge in [-0.1, -0.05) is 0 Å². The number of anilines is 1. The number of ether oxygens (including phenoxy) is 1. The number of esters is 1. The molecule has 20 heavy (non-hydrogen) atoms. The van der Waals surface area contributed by atoms with E-state index in [-0.39, 0.29) is 17.7 Å². The van der Waals surface area contributed by atoms with Crippen molar-refractivity contribution in [2.45, 2.75) is 12.8 Å². The molecule has 0 aliphatic heterocycles. The number of carbonyl (C=O) groups excluding carboxylic acids is 1. The quantitative estimate of drug-likeness (QED) is 0.566. The standard InChI is InChI=1S/C14H16N2O4/c1-20-14(19)11-7-12(18)9-5-8(3-2-4-17)6-10(15)13(9)16-11/h5-7,17H,2-4,15H2,1H3,(H,16,18). The third-order valence-electron chi connectivity index (χ3n) is 3.06. The van der Waals surface area contributed by atoms with Crippen molar-refractivity contribution in [2.24, 2.45) is 0 Å². The lowest BCUT2D eigenvalue weighted by Gasteiger charge is -2.08. The SMILES string of the molecule is COC(=O)c1cc(=O)c2cc(CCCO)cc(N)c2[nH]1. The Hall–Kier alpha value is -2.34. The first-order valence-corrected chi connectivity index (χ1v) is 6.21. The van der Waals surface area contributed by atoms with Crippen LogP contribution in [0.1, 0.15) is 22.5 Å². The summed E-state index contributed by atoms with van der Waals surface area (Å²) in [6, 6.07) is 4.65. The highest BCUT2D eigenvalue weighted by Crippen LogP contribution is 2.20. The molecule has 6 heteroatoms. The van der Waals surface area contributed by atoms with Crippen LogP contribution in [-0.2, 0) is 11.2 Å². The maximum atomic E-state index is 12.1. The summed E-state index contributed by atoms with van der Waals surface area (Å²) in [5.74, 6) is -0.618. The molecule has 0 atom stereocenters. The van der Waals surface area contributed by atoms with Gasteiger partial charge in [-0.15, -0.1) is 0 Å². The normalized spacial score (nSPS) is 10.7. The van der Waals surface area contributed by atoms with Crippen molar-refractivity contribution in [1.29, 1.82) is 0 Å². The summed E-state index contributed by atoms with van der Waals surface area (Å²) in [5.41, 5.74) is 7.38. The Labute approximate surface area is 115 Å². The molecular weight excluding hydrogens is 260 g/mol. The van der Waals surface area contributed by atoms with Gasteiger partial charge >= 0.3 is 5.97 Å². The Morgan fingerprint density at radius 2 is 2.15 bits per heavy atom. The van der Waals surface area contributed by atoms with Crippen LogP contribution in [0.4, 0.5) is 5.69 Å². The number of rotatable bonds is 4. The fraction of sp³-hybridized carbons (Fsp3) is 0.286. The smallest absolute Gasteiger partial charge is 0.354 e. The third kappa shape index (κ3) is 2.65. The molecule has 0 saturated heterocycles. The van der Waals surface area contributed by atoms with Crippen molar-refractivity contribution in [3.63, 3.8) is 0 Å². The van der Waals surface area contributed by atoms with Crippen molar-refractivity contribution < 1.29 is 14.6 Å². The van der Waals surface area contributed by atoms with Crippen molar-refractivity contribution in [3.05, 3.63) is 39.7 Å². The zero-order valence-corrected chi connectivity index (χ0v) is 11.1. The van der Waals surface area contributed by atoms with E-state index < -0.39 is 5.97 Å². The fourth-order valence-corrected chi connectivity index (χ4v) is 2.09. The summed E-state index contributed by atoms with van der Waals surface area (Å²) in [6.45, 7) is 0.0789. The summed E-state index contributed by atoms with van der Waals surface area (Å²) in [7, 11) is 1.24. The highest BCUT2D eigenvalue weighted by molar-refractivity contribution is 5.95. The number of fused-ring (bicyclic) bond motifs is 1. The van der Waals surface area contributed by atoms with Gasteiger partial charge in [-0.05, 0) is 30.5 Å². The molecule has 0 aliphatic carbocycles. The van der Waals surface area contributed by atoms with Crippen LogP contribution in [0.2, 0.25) is 0 Å². The van der Waals surface area contributed by atoms with Crippen molar-refractivity contribution in [1.82, 2.24) is 4.98 Å². The van der Waals surface area contributed by atoms with Crippen LogP contribution in [0.15, 0.2) is 23.0 Å². The number of methoxy groups -OCH3 is 1. The van der Waals surface area contributed by atoms with Gasteiger partial charge in [0, 0.05) is 18.1 Å². The number of aliphatic hydroxyl groups excluding tert-OH is 1. The van der Waals surface area contributed by atoms with Crippen LogP contribution in [0, 0.1) is 0 Å².